The highest BCUT2D eigenvalue weighted by atomic mass is 19.2. The van der Waals surface area contributed by atoms with Crippen LogP contribution in [0.2, 0.25) is 0 Å². The quantitative estimate of drug-likeness (QED) is 0.538. The zero-order chi connectivity index (χ0) is 24.6. The van der Waals surface area contributed by atoms with Gasteiger partial charge in [0.2, 0.25) is 11.8 Å². The Morgan fingerprint density at radius 2 is 2.00 bits per heavy atom. The Balaban J connectivity index is 1.12. The van der Waals surface area contributed by atoms with Crippen LogP contribution in [-0.2, 0) is 6.54 Å². The Morgan fingerprint density at radius 1 is 1.11 bits per heavy atom. The Labute approximate surface area is 205 Å². The average Bonchev–Trinajstić information content (AvgIpc) is 3.24. The summed E-state index contributed by atoms with van der Waals surface area (Å²) >= 11 is 0. The average molecular weight is 498 g/mol. The maximum Gasteiger partial charge on any atom is 0.242 e. The number of hydrogen-bond donors (Lipinski definition) is 1. The molecule has 0 radical (unpaired) electrons. The number of aryl methyl sites for hydroxylation is 1. The minimum absolute atomic E-state index is 0.132. The fraction of sp³-hybridized carbons (Fsp3) is 0.520. The summed E-state index contributed by atoms with van der Waals surface area (Å²) in [5.74, 6) is -0.680. The van der Waals surface area contributed by atoms with Crippen molar-refractivity contribution >= 4 is 11.8 Å². The molecule has 0 amide bonds. The number of aromatic nitrogens is 5. The van der Waals surface area contributed by atoms with Gasteiger partial charge < -0.3 is 15.0 Å². The number of halogens is 3. The molecule has 8 nitrogen and oxygen atoms in total. The van der Waals surface area contributed by atoms with E-state index in [1.54, 1.807) is 11.8 Å². The molecule has 1 aromatic carbocycles. The van der Waals surface area contributed by atoms with E-state index in [2.05, 4.69) is 20.2 Å². The first kappa shape index (κ1) is 21.9. The van der Waals surface area contributed by atoms with Crippen LogP contribution in [-0.4, -0.2) is 51.0 Å². The van der Waals surface area contributed by atoms with Gasteiger partial charge in [0.05, 0.1) is 7.11 Å². The van der Waals surface area contributed by atoms with Crippen LogP contribution in [0.15, 0.2) is 24.5 Å². The predicted molar refractivity (Wildman–Crippen MR) is 124 cm³/mol. The highest BCUT2D eigenvalue weighted by Gasteiger charge is 2.76. The van der Waals surface area contributed by atoms with Crippen molar-refractivity contribution in [1.82, 2.24) is 24.7 Å². The number of methoxy groups -OCH3 is 1. The lowest BCUT2D eigenvalue weighted by Crippen LogP contribution is -2.47. The smallest absolute Gasteiger partial charge is 0.242 e. The van der Waals surface area contributed by atoms with Crippen LogP contribution in [0.4, 0.5) is 24.9 Å². The van der Waals surface area contributed by atoms with Crippen molar-refractivity contribution in [3.05, 3.63) is 53.4 Å². The molecule has 0 bridgehead atoms. The van der Waals surface area contributed by atoms with Gasteiger partial charge in [0.25, 0.3) is 0 Å². The third kappa shape index (κ3) is 3.13. The van der Waals surface area contributed by atoms with Crippen molar-refractivity contribution in [3.8, 4) is 5.88 Å². The molecule has 2 aromatic heterocycles. The van der Waals surface area contributed by atoms with Crippen LogP contribution in [0.3, 0.4) is 0 Å². The van der Waals surface area contributed by atoms with E-state index in [1.165, 1.54) is 12.4 Å². The van der Waals surface area contributed by atoms with Gasteiger partial charge in [0.1, 0.15) is 18.0 Å². The van der Waals surface area contributed by atoms with Gasteiger partial charge in [-0.25, -0.2) is 27.8 Å². The van der Waals surface area contributed by atoms with E-state index in [9.17, 15) is 13.2 Å². The van der Waals surface area contributed by atoms with Crippen molar-refractivity contribution in [1.29, 1.82) is 0 Å². The van der Waals surface area contributed by atoms with Gasteiger partial charge in [-0.15, -0.1) is 5.10 Å². The van der Waals surface area contributed by atoms with Crippen molar-refractivity contribution in [2.45, 2.75) is 44.2 Å². The van der Waals surface area contributed by atoms with E-state index in [1.807, 2.05) is 6.07 Å². The van der Waals surface area contributed by atoms with E-state index in [0.29, 0.717) is 47.9 Å². The lowest BCUT2D eigenvalue weighted by atomic mass is 9.71. The van der Waals surface area contributed by atoms with E-state index < -0.39 is 23.4 Å². The van der Waals surface area contributed by atoms with Crippen molar-refractivity contribution in [2.24, 2.45) is 17.3 Å². The van der Waals surface area contributed by atoms with Crippen LogP contribution in [0.25, 0.3) is 0 Å². The van der Waals surface area contributed by atoms with E-state index >= 15 is 0 Å². The number of nitrogens with zero attached hydrogens (tertiary/aromatic N) is 6. The third-order valence-electron chi connectivity index (χ3n) is 8.71. The minimum atomic E-state index is -1.44. The molecule has 3 aromatic rings. The zero-order valence-corrected chi connectivity index (χ0v) is 19.8. The summed E-state index contributed by atoms with van der Waals surface area (Å²) in [6, 6.07) is 4.44. The molecular weight excluding hydrogens is 471 g/mol. The number of benzene rings is 1. The van der Waals surface area contributed by atoms with Crippen molar-refractivity contribution < 1.29 is 17.9 Å². The maximum absolute atomic E-state index is 14.7. The molecule has 36 heavy (non-hydrogen) atoms. The first-order chi connectivity index (χ1) is 17.5. The Bertz CT molecular complexity index is 1350. The molecule has 4 heterocycles. The maximum atomic E-state index is 14.7. The van der Waals surface area contributed by atoms with Gasteiger partial charge in [-0.3, -0.25) is 0 Å². The molecule has 11 heteroatoms. The molecule has 2 saturated carbocycles. The Kier molecular flexibility index (Phi) is 4.75. The number of hydrogen-bond acceptors (Lipinski definition) is 7. The summed E-state index contributed by atoms with van der Waals surface area (Å²) in [5.41, 5.74) is 0.442. The number of fused-ring (bicyclic) bond motifs is 1. The summed E-state index contributed by atoms with van der Waals surface area (Å²) in [4.78, 5) is 15.6. The molecular formula is C25H26F3N7O. The zero-order valence-electron chi connectivity index (χ0n) is 19.8. The first-order valence-corrected chi connectivity index (χ1v) is 12.4. The fourth-order valence-electron chi connectivity index (χ4n) is 6.85. The predicted octanol–water partition coefficient (Wildman–Crippen LogP) is 3.75. The largest absolute Gasteiger partial charge is 0.481 e. The van der Waals surface area contributed by atoms with Gasteiger partial charge >= 0.3 is 0 Å². The number of rotatable bonds is 5. The summed E-state index contributed by atoms with van der Waals surface area (Å²) in [5, 5.41) is 8.26. The van der Waals surface area contributed by atoms with Crippen LogP contribution < -0.4 is 15.0 Å². The molecule has 1 N–H and O–H groups in total. The molecule has 1 spiro atoms. The lowest BCUT2D eigenvalue weighted by molar-refractivity contribution is 0.193. The summed E-state index contributed by atoms with van der Waals surface area (Å²) < 4.78 is 49.3. The third-order valence-corrected chi connectivity index (χ3v) is 8.71. The topological polar surface area (TPSA) is 81.0 Å². The molecule has 3 fully saturated rings. The number of nitrogens with one attached hydrogen (secondary N) is 1. The molecule has 1 saturated heterocycles. The highest BCUT2D eigenvalue weighted by molar-refractivity contribution is 5.49. The molecule has 188 valence electrons. The molecule has 2 aliphatic heterocycles. The van der Waals surface area contributed by atoms with E-state index in [4.69, 9.17) is 14.8 Å². The highest BCUT2D eigenvalue weighted by Crippen LogP contribution is 2.74. The van der Waals surface area contributed by atoms with Gasteiger partial charge in [0.15, 0.2) is 17.5 Å². The van der Waals surface area contributed by atoms with Gasteiger partial charge in [-0.2, -0.15) is 4.98 Å². The normalized spacial score (nSPS) is 30.1. The van der Waals surface area contributed by atoms with Gasteiger partial charge in [0, 0.05) is 49.1 Å². The lowest BCUT2D eigenvalue weighted by Gasteiger charge is -2.38. The van der Waals surface area contributed by atoms with Crippen LogP contribution in [0.1, 0.15) is 43.0 Å². The van der Waals surface area contributed by atoms with E-state index in [0.717, 1.165) is 44.2 Å². The molecule has 5 atom stereocenters. The van der Waals surface area contributed by atoms with Crippen LogP contribution in [0, 0.1) is 34.7 Å². The standard InChI is InChI=1S/C25H26F3N7O/c1-36-19-8-18(29-12-30-19)34-10-16-22(15-9-25(15,16)11-34)31-24-32-23-14(4-2-3-7-35(23)33-24)13-5-6-17(26)21(28)20(13)27/h5-6,8,12,14-16,22H,2-4,7,9-11H2,1H3,(H,31,33)/t14?,15?,16-,22+,25?/m0/s1. The monoisotopic (exact) mass is 497 g/mol. The number of anilines is 2. The van der Waals surface area contributed by atoms with Crippen molar-refractivity contribution in [2.75, 3.05) is 30.4 Å². The Morgan fingerprint density at radius 3 is 2.86 bits per heavy atom. The molecule has 7 rings (SSSR count). The fourth-order valence-corrected chi connectivity index (χ4v) is 6.85. The first-order valence-electron chi connectivity index (χ1n) is 12.4. The second-order valence-corrected chi connectivity index (χ2v) is 10.4. The SMILES string of the molecule is COc1cc(N2C[C@H]3[C@H](Nc4nc5n(n4)CCCCC5c4ccc(F)c(F)c4F)C4CC43C2)ncn1. The summed E-state index contributed by atoms with van der Waals surface area (Å²) in [6.45, 7) is 2.51. The molecule has 4 aliphatic rings. The Hall–Kier alpha value is -3.37. The van der Waals surface area contributed by atoms with Crippen molar-refractivity contribution in [3.63, 3.8) is 0 Å². The summed E-state index contributed by atoms with van der Waals surface area (Å²) in [7, 11) is 1.60. The minimum Gasteiger partial charge on any atom is -0.481 e. The number of ether oxygens (including phenoxy) is 1. The van der Waals surface area contributed by atoms with Gasteiger partial charge in [-0.1, -0.05) is 12.5 Å². The second-order valence-electron chi connectivity index (χ2n) is 10.4. The molecule has 2 aliphatic carbocycles. The summed E-state index contributed by atoms with van der Waals surface area (Å²) in [6.07, 6.45) is 4.99. The van der Waals surface area contributed by atoms with Crippen LogP contribution >= 0.6 is 0 Å². The van der Waals surface area contributed by atoms with Gasteiger partial charge in [-0.05, 0) is 36.7 Å². The second kappa shape index (κ2) is 7.81. The van der Waals surface area contributed by atoms with E-state index in [-0.39, 0.29) is 11.6 Å². The molecule has 3 unspecified atom stereocenters. The van der Waals surface area contributed by atoms with Crippen LogP contribution in [0.5, 0.6) is 5.88 Å².